The van der Waals surface area contributed by atoms with E-state index in [1.165, 1.54) is 5.56 Å². The van der Waals surface area contributed by atoms with Crippen LogP contribution in [0.4, 0.5) is 0 Å². The fourth-order valence-electron chi connectivity index (χ4n) is 1.91. The number of nitrogens with zero attached hydrogens (tertiary/aromatic N) is 1. The van der Waals surface area contributed by atoms with Crippen LogP contribution >= 0.6 is 0 Å². The molecule has 1 aliphatic rings. The zero-order chi connectivity index (χ0) is 10.5. The Hall–Kier alpha value is -0.900. The molecule has 0 bridgehead atoms. The van der Waals surface area contributed by atoms with Gasteiger partial charge in [-0.1, -0.05) is 30.3 Å². The van der Waals surface area contributed by atoms with Crippen LogP contribution in [0.25, 0.3) is 0 Å². The van der Waals surface area contributed by atoms with Crippen LogP contribution in [0.5, 0.6) is 0 Å². The largest absolute Gasteiger partial charge is 0.392 e. The standard InChI is InChI=1S/C12H18N2O/c15-12-6-7-14(9-12)10-13-8-11-4-2-1-3-5-11/h1-5,12-13,15H,6-10H2. The van der Waals surface area contributed by atoms with Gasteiger partial charge in [0.2, 0.25) is 0 Å². The van der Waals surface area contributed by atoms with Crippen molar-refractivity contribution in [2.45, 2.75) is 19.1 Å². The average molecular weight is 206 g/mol. The predicted octanol–water partition coefficient (Wildman–Crippen LogP) is 0.800. The van der Waals surface area contributed by atoms with E-state index in [-0.39, 0.29) is 6.10 Å². The van der Waals surface area contributed by atoms with Gasteiger partial charge in [-0.3, -0.25) is 4.90 Å². The lowest BCUT2D eigenvalue weighted by molar-refractivity contribution is 0.173. The van der Waals surface area contributed by atoms with E-state index in [0.29, 0.717) is 0 Å². The lowest BCUT2D eigenvalue weighted by Gasteiger charge is -2.15. The molecule has 1 fully saturated rings. The van der Waals surface area contributed by atoms with E-state index >= 15 is 0 Å². The van der Waals surface area contributed by atoms with Gasteiger partial charge < -0.3 is 10.4 Å². The van der Waals surface area contributed by atoms with Crippen molar-refractivity contribution in [3.63, 3.8) is 0 Å². The Balaban J connectivity index is 1.67. The van der Waals surface area contributed by atoms with E-state index in [1.54, 1.807) is 0 Å². The number of likely N-dealkylation sites (tertiary alicyclic amines) is 1. The SMILES string of the molecule is OC1CCN(CNCc2ccccc2)C1. The van der Waals surface area contributed by atoms with Crippen LogP contribution in [-0.2, 0) is 6.54 Å². The van der Waals surface area contributed by atoms with Crippen molar-refractivity contribution in [3.8, 4) is 0 Å². The van der Waals surface area contributed by atoms with Gasteiger partial charge in [0.25, 0.3) is 0 Å². The summed E-state index contributed by atoms with van der Waals surface area (Å²) in [5.41, 5.74) is 1.30. The molecule has 15 heavy (non-hydrogen) atoms. The maximum atomic E-state index is 9.35. The van der Waals surface area contributed by atoms with Gasteiger partial charge >= 0.3 is 0 Å². The number of hydrogen-bond donors (Lipinski definition) is 2. The van der Waals surface area contributed by atoms with Gasteiger partial charge in [0.15, 0.2) is 0 Å². The van der Waals surface area contributed by atoms with Crippen molar-refractivity contribution in [1.29, 1.82) is 0 Å². The molecule has 1 aliphatic heterocycles. The first-order valence-corrected chi connectivity index (χ1v) is 5.49. The van der Waals surface area contributed by atoms with Crippen LogP contribution in [0.1, 0.15) is 12.0 Å². The average Bonchev–Trinajstić information content (AvgIpc) is 2.66. The minimum Gasteiger partial charge on any atom is -0.392 e. The Kier molecular flexibility index (Phi) is 3.72. The van der Waals surface area contributed by atoms with Crippen molar-refractivity contribution < 1.29 is 5.11 Å². The molecule has 1 aromatic carbocycles. The fourth-order valence-corrected chi connectivity index (χ4v) is 1.91. The van der Waals surface area contributed by atoms with Crippen molar-refractivity contribution >= 4 is 0 Å². The van der Waals surface area contributed by atoms with E-state index in [2.05, 4.69) is 34.5 Å². The molecule has 2 rings (SSSR count). The van der Waals surface area contributed by atoms with Crippen LogP contribution in [0, 0.1) is 0 Å². The molecular weight excluding hydrogens is 188 g/mol. The summed E-state index contributed by atoms with van der Waals surface area (Å²) in [6.45, 7) is 3.57. The summed E-state index contributed by atoms with van der Waals surface area (Å²) >= 11 is 0. The molecule has 0 aliphatic carbocycles. The molecule has 1 saturated heterocycles. The minimum absolute atomic E-state index is 0.122. The topological polar surface area (TPSA) is 35.5 Å². The van der Waals surface area contributed by atoms with Gasteiger partial charge in [-0.2, -0.15) is 0 Å². The summed E-state index contributed by atoms with van der Waals surface area (Å²) in [6.07, 6.45) is 0.788. The van der Waals surface area contributed by atoms with Gasteiger partial charge in [-0.25, -0.2) is 0 Å². The minimum atomic E-state index is -0.122. The van der Waals surface area contributed by atoms with Gasteiger partial charge in [0.05, 0.1) is 6.10 Å². The molecule has 0 radical (unpaired) electrons. The summed E-state index contributed by atoms with van der Waals surface area (Å²) in [7, 11) is 0. The lowest BCUT2D eigenvalue weighted by Crippen LogP contribution is -2.32. The van der Waals surface area contributed by atoms with Crippen LogP contribution in [0.3, 0.4) is 0 Å². The second-order valence-electron chi connectivity index (χ2n) is 4.09. The van der Waals surface area contributed by atoms with Crippen molar-refractivity contribution in [1.82, 2.24) is 10.2 Å². The summed E-state index contributed by atoms with van der Waals surface area (Å²) in [5.74, 6) is 0. The summed E-state index contributed by atoms with van der Waals surface area (Å²) in [4.78, 5) is 2.24. The van der Waals surface area contributed by atoms with E-state index in [4.69, 9.17) is 0 Å². The highest BCUT2D eigenvalue weighted by molar-refractivity contribution is 5.14. The summed E-state index contributed by atoms with van der Waals surface area (Å²) < 4.78 is 0. The van der Waals surface area contributed by atoms with Crippen LogP contribution in [0.2, 0.25) is 0 Å². The normalized spacial score (nSPS) is 22.1. The zero-order valence-electron chi connectivity index (χ0n) is 8.89. The van der Waals surface area contributed by atoms with E-state index in [1.807, 2.05) is 6.07 Å². The molecule has 1 atom stereocenters. The van der Waals surface area contributed by atoms with E-state index in [9.17, 15) is 5.11 Å². The maximum absolute atomic E-state index is 9.35. The second-order valence-corrected chi connectivity index (χ2v) is 4.09. The molecule has 3 heteroatoms. The monoisotopic (exact) mass is 206 g/mol. The molecule has 1 unspecified atom stereocenters. The zero-order valence-corrected chi connectivity index (χ0v) is 8.89. The highest BCUT2D eigenvalue weighted by Crippen LogP contribution is 2.06. The quantitative estimate of drug-likeness (QED) is 0.765. The van der Waals surface area contributed by atoms with Gasteiger partial charge in [0, 0.05) is 26.3 Å². The Labute approximate surface area is 90.7 Å². The molecule has 0 spiro atoms. The maximum Gasteiger partial charge on any atom is 0.0679 e. The van der Waals surface area contributed by atoms with E-state index in [0.717, 1.165) is 32.7 Å². The third kappa shape index (κ3) is 3.30. The summed E-state index contributed by atoms with van der Waals surface area (Å²) in [6, 6.07) is 10.4. The predicted molar refractivity (Wildman–Crippen MR) is 60.3 cm³/mol. The van der Waals surface area contributed by atoms with Crippen molar-refractivity contribution in [2.75, 3.05) is 19.8 Å². The van der Waals surface area contributed by atoms with Gasteiger partial charge in [-0.15, -0.1) is 0 Å². The molecule has 2 N–H and O–H groups in total. The Bertz CT molecular complexity index is 289. The van der Waals surface area contributed by atoms with Crippen LogP contribution < -0.4 is 5.32 Å². The third-order valence-corrected chi connectivity index (χ3v) is 2.75. The highest BCUT2D eigenvalue weighted by Gasteiger charge is 2.18. The number of β-amino-alcohol motifs (C(OH)–C–C–N with tert-alkyl or cyclic N) is 1. The smallest absolute Gasteiger partial charge is 0.0679 e. The van der Waals surface area contributed by atoms with Crippen molar-refractivity contribution in [2.24, 2.45) is 0 Å². The lowest BCUT2D eigenvalue weighted by atomic mass is 10.2. The first-order valence-electron chi connectivity index (χ1n) is 5.49. The number of benzene rings is 1. The molecule has 3 nitrogen and oxygen atoms in total. The van der Waals surface area contributed by atoms with Crippen molar-refractivity contribution in [3.05, 3.63) is 35.9 Å². The molecule has 1 heterocycles. The molecule has 0 amide bonds. The highest BCUT2D eigenvalue weighted by atomic mass is 16.3. The Morgan fingerprint density at radius 1 is 1.33 bits per heavy atom. The molecule has 1 aromatic rings. The molecular formula is C12H18N2O. The first kappa shape index (κ1) is 10.6. The molecule has 82 valence electrons. The first-order chi connectivity index (χ1) is 7.34. The van der Waals surface area contributed by atoms with Crippen LogP contribution in [-0.4, -0.2) is 35.9 Å². The molecule has 0 saturated carbocycles. The fraction of sp³-hybridized carbons (Fsp3) is 0.500. The van der Waals surface area contributed by atoms with Gasteiger partial charge in [0.1, 0.15) is 0 Å². The van der Waals surface area contributed by atoms with Crippen LogP contribution in [0.15, 0.2) is 30.3 Å². The number of hydrogen-bond acceptors (Lipinski definition) is 3. The number of rotatable bonds is 4. The number of nitrogens with one attached hydrogen (secondary N) is 1. The Morgan fingerprint density at radius 2 is 2.13 bits per heavy atom. The number of aliphatic hydroxyl groups is 1. The van der Waals surface area contributed by atoms with E-state index < -0.39 is 0 Å². The van der Waals surface area contributed by atoms with Gasteiger partial charge in [-0.05, 0) is 12.0 Å². The Morgan fingerprint density at radius 3 is 2.80 bits per heavy atom. The molecule has 0 aromatic heterocycles. The second kappa shape index (κ2) is 5.26. The number of aliphatic hydroxyl groups excluding tert-OH is 1. The third-order valence-electron chi connectivity index (χ3n) is 2.75. The summed E-state index contributed by atoms with van der Waals surface area (Å²) in [5, 5.41) is 12.7.